The van der Waals surface area contributed by atoms with E-state index in [9.17, 15) is 15.3 Å². The lowest BCUT2D eigenvalue weighted by Crippen LogP contribution is -2.30. The number of methoxy groups -OCH3 is 1. The molecular weight excluding hydrogens is 480 g/mol. The summed E-state index contributed by atoms with van der Waals surface area (Å²) in [7, 11) is 1.68. The quantitative estimate of drug-likeness (QED) is 0.236. The van der Waals surface area contributed by atoms with Gasteiger partial charge in [-0.15, -0.1) is 5.10 Å². The molecule has 2 aliphatic carbocycles. The van der Waals surface area contributed by atoms with Crippen LogP contribution in [0.15, 0.2) is 23.4 Å². The summed E-state index contributed by atoms with van der Waals surface area (Å²) in [6.45, 7) is 4.12. The third kappa shape index (κ3) is 4.77. The first-order valence-electron chi connectivity index (χ1n) is 12.6. The lowest BCUT2D eigenvalue weighted by molar-refractivity contribution is 0.00107. The van der Waals surface area contributed by atoms with Gasteiger partial charge in [-0.25, -0.2) is 14.6 Å². The van der Waals surface area contributed by atoms with Crippen LogP contribution in [-0.4, -0.2) is 78.0 Å². The van der Waals surface area contributed by atoms with Crippen molar-refractivity contribution in [3.63, 3.8) is 0 Å². The second-order valence-electron chi connectivity index (χ2n) is 9.79. The number of rotatable bonds is 10. The van der Waals surface area contributed by atoms with Crippen molar-refractivity contribution in [2.24, 2.45) is 5.92 Å². The number of aliphatic hydroxyl groups is 3. The third-order valence-electron chi connectivity index (χ3n) is 7.28. The highest BCUT2D eigenvalue weighted by Gasteiger charge is 2.44. The largest absolute Gasteiger partial charge is 0.496 e. The zero-order valence-electron chi connectivity index (χ0n) is 20.8. The molecule has 3 aromatic rings. The molecule has 0 radical (unpaired) electrons. The Balaban J connectivity index is 1.43. The minimum Gasteiger partial charge on any atom is -0.496 e. The maximum absolute atomic E-state index is 10.7. The standard InChI is InChI=1S/C25H34N6O4S/c1-4-9-36-25-27-23(26-17-12-16(17)14-5-6-19(35-3)13(2)10-14)20-24(28-25)31(30-29-20)18-11-15(7-8-32)21(33)22(18)34/h5-6,10,15-18,21-22,32-34H,4,7-9,11-12H2,1-3H3,(H,26,27,28). The molecule has 0 amide bonds. The topological polar surface area (TPSA) is 138 Å². The van der Waals surface area contributed by atoms with E-state index in [0.717, 1.165) is 29.9 Å². The average Bonchev–Trinajstić information content (AvgIpc) is 3.42. The number of aromatic nitrogens is 5. The van der Waals surface area contributed by atoms with Crippen LogP contribution in [-0.2, 0) is 0 Å². The average molecular weight is 515 g/mol. The van der Waals surface area contributed by atoms with Crippen molar-refractivity contribution in [2.75, 3.05) is 24.8 Å². The number of fused-ring (bicyclic) bond motifs is 1. The summed E-state index contributed by atoms with van der Waals surface area (Å²) < 4.78 is 7.02. The van der Waals surface area contributed by atoms with E-state index in [1.165, 1.54) is 5.56 Å². The number of anilines is 1. The van der Waals surface area contributed by atoms with Gasteiger partial charge in [0.15, 0.2) is 22.1 Å². The number of nitrogens with one attached hydrogen (secondary N) is 1. The van der Waals surface area contributed by atoms with Gasteiger partial charge in [0, 0.05) is 24.3 Å². The van der Waals surface area contributed by atoms with Crippen LogP contribution in [0.5, 0.6) is 5.75 Å². The molecule has 6 atom stereocenters. The van der Waals surface area contributed by atoms with Gasteiger partial charge in [0.05, 0.1) is 19.3 Å². The minimum absolute atomic E-state index is 0.0381. The molecule has 0 bridgehead atoms. The van der Waals surface area contributed by atoms with Gasteiger partial charge in [-0.2, -0.15) is 0 Å². The highest BCUT2D eigenvalue weighted by atomic mass is 32.2. The van der Waals surface area contributed by atoms with Crippen LogP contribution in [0.25, 0.3) is 11.2 Å². The Hall–Kier alpha value is -2.47. The SMILES string of the molecule is CCCSc1nc(NC2CC2c2ccc(OC)c(C)c2)c2nnn(C3CC(CCO)C(O)C3O)c2n1. The number of thioether (sulfide) groups is 1. The molecule has 2 aliphatic rings. The van der Waals surface area contributed by atoms with E-state index in [1.807, 2.05) is 6.07 Å². The van der Waals surface area contributed by atoms with E-state index >= 15 is 0 Å². The van der Waals surface area contributed by atoms with Crippen molar-refractivity contribution in [3.8, 4) is 5.75 Å². The highest BCUT2D eigenvalue weighted by Crippen LogP contribution is 2.45. The molecule has 2 heterocycles. The molecule has 4 N–H and O–H groups in total. The molecule has 0 aliphatic heterocycles. The van der Waals surface area contributed by atoms with Gasteiger partial charge < -0.3 is 25.4 Å². The van der Waals surface area contributed by atoms with Gasteiger partial charge in [0.25, 0.3) is 0 Å². The van der Waals surface area contributed by atoms with E-state index in [-0.39, 0.29) is 18.6 Å². The van der Waals surface area contributed by atoms with E-state index in [2.05, 4.69) is 41.6 Å². The number of aliphatic hydroxyl groups excluding tert-OH is 3. The number of benzene rings is 1. The van der Waals surface area contributed by atoms with Crippen LogP contribution >= 0.6 is 11.8 Å². The van der Waals surface area contributed by atoms with Crippen molar-refractivity contribution < 1.29 is 20.1 Å². The normalized spacial score (nSPS) is 27.5. The Morgan fingerprint density at radius 3 is 2.75 bits per heavy atom. The fraction of sp³-hybridized carbons (Fsp3) is 0.600. The fourth-order valence-electron chi connectivity index (χ4n) is 5.22. The third-order valence-corrected chi connectivity index (χ3v) is 8.34. The van der Waals surface area contributed by atoms with Crippen LogP contribution in [0.4, 0.5) is 5.82 Å². The molecule has 0 spiro atoms. The zero-order valence-corrected chi connectivity index (χ0v) is 21.6. The van der Waals surface area contributed by atoms with Gasteiger partial charge >= 0.3 is 0 Å². The lowest BCUT2D eigenvalue weighted by atomic mass is 10.0. The maximum atomic E-state index is 10.7. The van der Waals surface area contributed by atoms with Crippen molar-refractivity contribution in [1.82, 2.24) is 25.0 Å². The molecule has 10 nitrogen and oxygen atoms in total. The number of hydrogen-bond donors (Lipinski definition) is 4. The molecule has 36 heavy (non-hydrogen) atoms. The predicted molar refractivity (Wildman–Crippen MR) is 137 cm³/mol. The summed E-state index contributed by atoms with van der Waals surface area (Å²) in [6.07, 6.45) is 0.969. The van der Waals surface area contributed by atoms with Gasteiger partial charge in [0.1, 0.15) is 11.9 Å². The van der Waals surface area contributed by atoms with E-state index in [0.29, 0.717) is 40.9 Å². The molecule has 11 heteroatoms. The van der Waals surface area contributed by atoms with Crippen LogP contribution in [0.1, 0.15) is 55.7 Å². The molecule has 0 saturated heterocycles. The minimum atomic E-state index is -1.00. The Morgan fingerprint density at radius 2 is 2.03 bits per heavy atom. The van der Waals surface area contributed by atoms with Crippen molar-refractivity contribution >= 4 is 28.7 Å². The number of nitrogens with zero attached hydrogens (tertiary/aromatic N) is 5. The fourth-order valence-corrected chi connectivity index (χ4v) is 5.91. The summed E-state index contributed by atoms with van der Waals surface area (Å²) in [5, 5.41) is 43.5. The van der Waals surface area contributed by atoms with Gasteiger partial charge in [-0.05, 0) is 55.7 Å². The summed E-state index contributed by atoms with van der Waals surface area (Å²) in [4.78, 5) is 9.51. The van der Waals surface area contributed by atoms with Crippen LogP contribution < -0.4 is 10.1 Å². The molecule has 2 saturated carbocycles. The second kappa shape index (κ2) is 10.5. The Kier molecular flexibility index (Phi) is 7.34. The molecule has 2 fully saturated rings. The van der Waals surface area contributed by atoms with Gasteiger partial charge in [-0.3, -0.25) is 0 Å². The molecule has 6 unspecified atom stereocenters. The molecule has 194 valence electrons. The van der Waals surface area contributed by atoms with Crippen LogP contribution in [0, 0.1) is 12.8 Å². The summed E-state index contributed by atoms with van der Waals surface area (Å²) in [5.74, 6) is 2.57. The molecule has 5 rings (SSSR count). The summed E-state index contributed by atoms with van der Waals surface area (Å²) >= 11 is 1.57. The Bertz CT molecular complexity index is 1220. The lowest BCUT2D eigenvalue weighted by Gasteiger charge is -2.17. The maximum Gasteiger partial charge on any atom is 0.191 e. The zero-order chi connectivity index (χ0) is 25.4. The molecular formula is C25H34N6O4S. The van der Waals surface area contributed by atoms with E-state index in [4.69, 9.17) is 14.7 Å². The number of aryl methyl sites for hydroxylation is 1. The number of ether oxygens (including phenoxy) is 1. The van der Waals surface area contributed by atoms with Crippen molar-refractivity contribution in [1.29, 1.82) is 0 Å². The number of hydrogen-bond acceptors (Lipinski definition) is 10. The first kappa shape index (κ1) is 25.2. The van der Waals surface area contributed by atoms with Gasteiger partial charge in [0.2, 0.25) is 0 Å². The highest BCUT2D eigenvalue weighted by molar-refractivity contribution is 7.99. The summed E-state index contributed by atoms with van der Waals surface area (Å²) in [5.41, 5.74) is 3.48. The monoisotopic (exact) mass is 514 g/mol. The smallest absolute Gasteiger partial charge is 0.191 e. The first-order chi connectivity index (χ1) is 17.4. The van der Waals surface area contributed by atoms with Crippen LogP contribution in [0.3, 0.4) is 0 Å². The Labute approximate surface area is 214 Å². The second-order valence-corrected chi connectivity index (χ2v) is 10.9. The predicted octanol–water partition coefficient (Wildman–Crippen LogP) is 2.67. The van der Waals surface area contributed by atoms with E-state index in [1.54, 1.807) is 23.6 Å². The van der Waals surface area contributed by atoms with Crippen molar-refractivity contribution in [3.05, 3.63) is 29.3 Å². The Morgan fingerprint density at radius 1 is 1.19 bits per heavy atom. The molecule has 2 aromatic heterocycles. The molecule has 1 aromatic carbocycles. The van der Waals surface area contributed by atoms with Crippen molar-refractivity contribution in [2.45, 2.75) is 74.9 Å². The van der Waals surface area contributed by atoms with Crippen LogP contribution in [0.2, 0.25) is 0 Å². The first-order valence-corrected chi connectivity index (χ1v) is 13.6. The van der Waals surface area contributed by atoms with Gasteiger partial charge in [-0.1, -0.05) is 36.0 Å². The summed E-state index contributed by atoms with van der Waals surface area (Å²) in [6, 6.07) is 6.05. The van der Waals surface area contributed by atoms with E-state index < -0.39 is 18.2 Å².